The number of hydrogen-bond donors (Lipinski definition) is 4. The Balaban J connectivity index is -0.0000000286. The van der Waals surface area contributed by atoms with Gasteiger partial charge in [0.2, 0.25) is 0 Å². The van der Waals surface area contributed by atoms with Gasteiger partial charge in [0, 0.05) is 0 Å². The fourth-order valence-corrected chi connectivity index (χ4v) is 0. The molecular weight excluding hydrogens is 185 g/mol. The molecule has 9 heavy (non-hydrogen) atoms. The van der Waals surface area contributed by atoms with Gasteiger partial charge in [0.15, 0.2) is 17.4 Å². The van der Waals surface area contributed by atoms with Crippen molar-refractivity contribution in [1.82, 2.24) is 0 Å². The average molecular weight is 193 g/mol. The van der Waals surface area contributed by atoms with Gasteiger partial charge in [-0.05, 0) is 0 Å². The van der Waals surface area contributed by atoms with Gasteiger partial charge in [-0.25, -0.2) is 0 Å². The zero-order valence-electron chi connectivity index (χ0n) is 3.37. The third-order valence-electron chi connectivity index (χ3n) is 0. The predicted octanol–water partition coefficient (Wildman–Crippen LogP) is -4.40. The molecule has 0 amide bonds. The predicted molar refractivity (Wildman–Crippen MR) is 38.6 cm³/mol. The fourth-order valence-electron chi connectivity index (χ4n) is 0. The van der Waals surface area contributed by atoms with Crippen molar-refractivity contribution in [3.05, 3.63) is 0 Å². The SMILES string of the molecule is O[Si](O)(O)O.[AlH3].[F][Mg+].[NaH]. The molecule has 0 fully saturated rings. The summed E-state index contributed by atoms with van der Waals surface area (Å²) in [7, 11) is -4.61. The van der Waals surface area contributed by atoms with Crippen LogP contribution >= 0.6 is 0 Å². The molecule has 0 aromatic rings. The van der Waals surface area contributed by atoms with Crippen LogP contribution in [-0.2, 0) is 0 Å². The molecule has 4 nitrogen and oxygen atoms in total. The molecule has 0 bridgehead atoms. The van der Waals surface area contributed by atoms with Crippen LogP contribution in [0.15, 0.2) is 0 Å². The van der Waals surface area contributed by atoms with Crippen LogP contribution in [0.1, 0.15) is 0 Å². The van der Waals surface area contributed by atoms with Gasteiger partial charge in [0.25, 0.3) is 0 Å². The third-order valence-corrected chi connectivity index (χ3v) is 0. The van der Waals surface area contributed by atoms with E-state index in [1.807, 2.05) is 0 Å². The number of halogens is 1. The van der Waals surface area contributed by atoms with E-state index in [1.54, 1.807) is 0 Å². The molecule has 0 spiro atoms. The molecule has 0 aromatic heterocycles. The maximum atomic E-state index is 9.53. The van der Waals surface area contributed by atoms with Crippen LogP contribution in [-0.4, -0.2) is 97.4 Å². The Labute approximate surface area is 99.2 Å². The molecular formula is H8AlFMgNaO4Si+. The topological polar surface area (TPSA) is 80.9 Å². The molecule has 0 aliphatic heterocycles. The standard InChI is InChI=1S/Al.FH.Mg.Na.H4O4Si.4H/c;;;;1-5(2,3)4;;;;/h;1H;;;1-4H;;;;/q;;+2;;;;;;/p-1. The van der Waals surface area contributed by atoms with Crippen molar-refractivity contribution in [3.8, 4) is 0 Å². The monoisotopic (exact) mass is 193 g/mol. The molecule has 0 heterocycles. The first-order valence-corrected chi connectivity index (χ1v) is 3.49. The van der Waals surface area contributed by atoms with Crippen LogP contribution in [0.25, 0.3) is 0 Å². The summed E-state index contributed by atoms with van der Waals surface area (Å²) in [6.45, 7) is 0. The Morgan fingerprint density at radius 1 is 1.00 bits per heavy atom. The molecule has 0 aliphatic rings. The first kappa shape index (κ1) is 22.5. The van der Waals surface area contributed by atoms with Crippen LogP contribution in [0.4, 0.5) is 2.96 Å². The van der Waals surface area contributed by atoms with E-state index in [4.69, 9.17) is 19.2 Å². The third kappa shape index (κ3) is 135. The summed E-state index contributed by atoms with van der Waals surface area (Å²) in [6, 6.07) is 0. The minimum absolute atomic E-state index is 0. The summed E-state index contributed by atoms with van der Waals surface area (Å²) >= 11 is 0.361. The van der Waals surface area contributed by atoms with E-state index in [0.717, 1.165) is 0 Å². The van der Waals surface area contributed by atoms with Crippen LogP contribution in [0.5, 0.6) is 0 Å². The summed E-state index contributed by atoms with van der Waals surface area (Å²) in [5, 5.41) is 0. The van der Waals surface area contributed by atoms with Crippen molar-refractivity contribution < 1.29 is 22.1 Å². The van der Waals surface area contributed by atoms with Crippen LogP contribution in [0, 0.1) is 0 Å². The quantitative estimate of drug-likeness (QED) is 0.293. The van der Waals surface area contributed by atoms with Gasteiger partial charge < -0.3 is 19.2 Å². The van der Waals surface area contributed by atoms with E-state index >= 15 is 0 Å². The molecule has 4 N–H and O–H groups in total. The molecule has 0 saturated heterocycles. The second-order valence-corrected chi connectivity index (χ2v) is 1.80. The normalized spacial score (nSPS) is 7.44. The van der Waals surface area contributed by atoms with Crippen molar-refractivity contribution >= 4 is 78.2 Å². The summed E-state index contributed by atoms with van der Waals surface area (Å²) in [6.07, 6.45) is 0. The molecule has 48 valence electrons. The van der Waals surface area contributed by atoms with E-state index in [2.05, 4.69) is 0 Å². The van der Waals surface area contributed by atoms with Crippen LogP contribution < -0.4 is 0 Å². The van der Waals surface area contributed by atoms with E-state index in [-0.39, 0.29) is 46.9 Å². The van der Waals surface area contributed by atoms with Crippen molar-refractivity contribution in [2.45, 2.75) is 0 Å². The molecule has 0 radical (unpaired) electrons. The van der Waals surface area contributed by atoms with Crippen molar-refractivity contribution in [3.63, 3.8) is 0 Å². The maximum absolute atomic E-state index is 9.53. The van der Waals surface area contributed by atoms with Gasteiger partial charge in [0.05, 0.1) is 0 Å². The van der Waals surface area contributed by atoms with Gasteiger partial charge in [0.1, 0.15) is 0 Å². The zero-order chi connectivity index (χ0) is 6.50. The summed E-state index contributed by atoms with van der Waals surface area (Å²) in [5.41, 5.74) is 0. The van der Waals surface area contributed by atoms with E-state index in [0.29, 0.717) is 22.3 Å². The van der Waals surface area contributed by atoms with E-state index in [9.17, 15) is 2.96 Å². The first-order valence-electron chi connectivity index (χ1n) is 1.16. The summed E-state index contributed by atoms with van der Waals surface area (Å²) in [4.78, 5) is 29.3. The van der Waals surface area contributed by atoms with E-state index in [1.165, 1.54) is 0 Å². The van der Waals surface area contributed by atoms with Crippen LogP contribution in [0.3, 0.4) is 0 Å². The molecule has 9 heteroatoms. The average Bonchev–Trinajstić information content (AvgIpc) is 1.36. The summed E-state index contributed by atoms with van der Waals surface area (Å²) in [5.74, 6) is 0. The fraction of sp³-hybridized carbons (Fsp3) is 0. The van der Waals surface area contributed by atoms with Gasteiger partial charge in [-0.3, -0.25) is 0 Å². The molecule has 0 atom stereocenters. The minimum atomic E-state index is -4.61. The summed E-state index contributed by atoms with van der Waals surface area (Å²) < 4.78 is 9.53. The van der Waals surface area contributed by atoms with Gasteiger partial charge in [-0.15, -0.1) is 0 Å². The molecule has 0 aromatic carbocycles. The van der Waals surface area contributed by atoms with Gasteiger partial charge in [-0.1, -0.05) is 0 Å². The van der Waals surface area contributed by atoms with E-state index < -0.39 is 9.05 Å². The Bertz CT molecular complexity index is 36.0. The number of hydrogen-bond acceptors (Lipinski definition) is 4. The first-order chi connectivity index (χ1) is 3.00. The molecule has 0 saturated carbocycles. The van der Waals surface area contributed by atoms with Gasteiger partial charge in [-0.2, -0.15) is 0 Å². The van der Waals surface area contributed by atoms with Crippen LogP contribution in [0.2, 0.25) is 0 Å². The van der Waals surface area contributed by atoms with Crippen molar-refractivity contribution in [1.29, 1.82) is 0 Å². The van der Waals surface area contributed by atoms with Crippen molar-refractivity contribution in [2.24, 2.45) is 0 Å². The molecule has 0 rings (SSSR count). The van der Waals surface area contributed by atoms with Crippen molar-refractivity contribution in [2.75, 3.05) is 0 Å². The Kier molecular flexibility index (Phi) is 32.3. The zero-order valence-corrected chi connectivity index (χ0v) is 5.79. The Morgan fingerprint density at radius 3 is 1.00 bits per heavy atom. The molecule has 0 unspecified atom stereocenters. The second kappa shape index (κ2) is 12.9. The molecule has 0 aliphatic carbocycles. The second-order valence-electron chi connectivity index (χ2n) is 0.600. The Hall–Kier alpha value is 2.29. The number of rotatable bonds is 0. The van der Waals surface area contributed by atoms with Gasteiger partial charge >= 0.3 is 63.8 Å². The Morgan fingerprint density at radius 2 is 1.00 bits per heavy atom.